The van der Waals surface area contributed by atoms with Crippen molar-refractivity contribution in [2.75, 3.05) is 16.8 Å². The average Bonchev–Trinajstić information content (AvgIpc) is 2.65. The summed E-state index contributed by atoms with van der Waals surface area (Å²) in [5, 5.41) is 11.6. The highest BCUT2D eigenvalue weighted by molar-refractivity contribution is 6.02. The number of nitrogens with zero attached hydrogens (tertiary/aromatic N) is 2. The number of aryl methyl sites for hydroxylation is 2. The number of nitrogens with one attached hydrogen (secondary N) is 1. The maximum atomic E-state index is 12.5. The maximum absolute atomic E-state index is 12.5. The number of hydrogen-bond donors (Lipinski definition) is 1. The molecule has 0 saturated heterocycles. The summed E-state index contributed by atoms with van der Waals surface area (Å²) in [4.78, 5) is 26.3. The summed E-state index contributed by atoms with van der Waals surface area (Å²) in [6.45, 7) is 5.49. The van der Waals surface area contributed by atoms with Gasteiger partial charge in [-0.2, -0.15) is 5.26 Å². The molecule has 0 unspecified atom stereocenters. The molecule has 0 aliphatic rings. The molecule has 2 amide bonds. The third kappa shape index (κ3) is 4.48. The van der Waals surface area contributed by atoms with E-state index < -0.39 is 0 Å². The Morgan fingerprint density at radius 1 is 1.04 bits per heavy atom. The van der Waals surface area contributed by atoms with Crippen molar-refractivity contribution in [2.45, 2.75) is 33.6 Å². The maximum Gasteiger partial charge on any atom is 0.244 e. The molecule has 0 aliphatic heterocycles. The van der Waals surface area contributed by atoms with Crippen LogP contribution in [0.2, 0.25) is 0 Å². The van der Waals surface area contributed by atoms with E-state index in [1.165, 1.54) is 11.8 Å². The van der Waals surface area contributed by atoms with Gasteiger partial charge in [-0.05, 0) is 48.2 Å². The van der Waals surface area contributed by atoms with Crippen molar-refractivity contribution in [3.8, 4) is 6.07 Å². The van der Waals surface area contributed by atoms with Crippen molar-refractivity contribution in [1.82, 2.24) is 0 Å². The van der Waals surface area contributed by atoms with Gasteiger partial charge in [0.25, 0.3) is 0 Å². The molecule has 0 aliphatic carbocycles. The lowest BCUT2D eigenvalue weighted by Crippen LogP contribution is -2.37. The Morgan fingerprint density at radius 2 is 1.62 bits per heavy atom. The van der Waals surface area contributed by atoms with Gasteiger partial charge in [0.1, 0.15) is 6.54 Å². The lowest BCUT2D eigenvalue weighted by Gasteiger charge is -2.26. The Hall–Kier alpha value is -3.13. The van der Waals surface area contributed by atoms with Gasteiger partial charge in [-0.3, -0.25) is 9.59 Å². The first-order valence-electron chi connectivity index (χ1n) is 8.69. The molecule has 0 saturated carbocycles. The van der Waals surface area contributed by atoms with Crippen LogP contribution in [-0.4, -0.2) is 18.4 Å². The molecule has 0 radical (unpaired) electrons. The van der Waals surface area contributed by atoms with Crippen LogP contribution in [0.3, 0.4) is 0 Å². The summed E-state index contributed by atoms with van der Waals surface area (Å²) < 4.78 is 0. The third-order valence-electron chi connectivity index (χ3n) is 4.21. The second kappa shape index (κ2) is 8.82. The van der Waals surface area contributed by atoms with E-state index in [1.54, 1.807) is 24.3 Å². The Labute approximate surface area is 154 Å². The van der Waals surface area contributed by atoms with E-state index in [0.717, 1.165) is 29.7 Å². The monoisotopic (exact) mass is 349 g/mol. The van der Waals surface area contributed by atoms with Gasteiger partial charge in [-0.15, -0.1) is 0 Å². The first kappa shape index (κ1) is 19.2. The fourth-order valence-corrected chi connectivity index (χ4v) is 2.88. The Bertz CT molecular complexity index is 813. The molecule has 1 N–H and O–H groups in total. The molecular formula is C21H23N3O2. The van der Waals surface area contributed by atoms with Crippen LogP contribution in [0.5, 0.6) is 0 Å². The van der Waals surface area contributed by atoms with Gasteiger partial charge in [0.2, 0.25) is 11.8 Å². The predicted octanol–water partition coefficient (Wildman–Crippen LogP) is 3.67. The van der Waals surface area contributed by atoms with Crippen LogP contribution in [0.4, 0.5) is 11.4 Å². The number of anilines is 2. The van der Waals surface area contributed by atoms with Crippen molar-refractivity contribution in [3.63, 3.8) is 0 Å². The Morgan fingerprint density at radius 3 is 2.08 bits per heavy atom. The van der Waals surface area contributed by atoms with Gasteiger partial charge < -0.3 is 10.2 Å². The minimum absolute atomic E-state index is 0.0562. The van der Waals surface area contributed by atoms with Crippen LogP contribution in [0.25, 0.3) is 0 Å². The highest BCUT2D eigenvalue weighted by Gasteiger charge is 2.21. The van der Waals surface area contributed by atoms with Crippen molar-refractivity contribution in [2.24, 2.45) is 0 Å². The zero-order valence-electron chi connectivity index (χ0n) is 15.4. The van der Waals surface area contributed by atoms with E-state index in [4.69, 9.17) is 5.26 Å². The zero-order chi connectivity index (χ0) is 19.1. The molecule has 26 heavy (non-hydrogen) atoms. The molecular weight excluding hydrogens is 326 g/mol. The Balaban J connectivity index is 2.24. The summed E-state index contributed by atoms with van der Waals surface area (Å²) >= 11 is 0. The summed E-state index contributed by atoms with van der Waals surface area (Å²) in [5.41, 5.74) is 4.05. The van der Waals surface area contributed by atoms with Gasteiger partial charge in [-0.25, -0.2) is 0 Å². The van der Waals surface area contributed by atoms with Gasteiger partial charge in [-0.1, -0.05) is 32.0 Å². The molecule has 0 heterocycles. The van der Waals surface area contributed by atoms with Gasteiger partial charge >= 0.3 is 0 Å². The number of carbonyl (C=O) groups is 2. The number of benzene rings is 2. The van der Waals surface area contributed by atoms with Gasteiger partial charge in [0.05, 0.1) is 17.3 Å². The van der Waals surface area contributed by atoms with Crippen LogP contribution in [-0.2, 0) is 22.4 Å². The largest absolute Gasteiger partial charge is 0.325 e. The number of hydrogen-bond acceptors (Lipinski definition) is 3. The molecule has 134 valence electrons. The molecule has 5 nitrogen and oxygen atoms in total. The van der Waals surface area contributed by atoms with Crippen LogP contribution in [0.15, 0.2) is 42.5 Å². The topological polar surface area (TPSA) is 73.2 Å². The van der Waals surface area contributed by atoms with Gasteiger partial charge in [0, 0.05) is 12.6 Å². The third-order valence-corrected chi connectivity index (χ3v) is 4.21. The number of amides is 2. The first-order valence-corrected chi connectivity index (χ1v) is 8.69. The van der Waals surface area contributed by atoms with E-state index >= 15 is 0 Å². The summed E-state index contributed by atoms with van der Waals surface area (Å²) in [7, 11) is 0. The first-order chi connectivity index (χ1) is 12.5. The second-order valence-corrected chi connectivity index (χ2v) is 5.97. The molecule has 0 bridgehead atoms. The summed E-state index contributed by atoms with van der Waals surface area (Å²) in [5.74, 6) is -0.451. The quantitative estimate of drug-likeness (QED) is 0.864. The Kier molecular flexibility index (Phi) is 6.51. The van der Waals surface area contributed by atoms with E-state index in [9.17, 15) is 9.59 Å². The fourth-order valence-electron chi connectivity index (χ4n) is 2.88. The molecule has 0 fully saturated rings. The summed E-state index contributed by atoms with van der Waals surface area (Å²) in [6.07, 6.45) is 1.56. The minimum atomic E-state index is -0.280. The lowest BCUT2D eigenvalue weighted by atomic mass is 10.0. The minimum Gasteiger partial charge on any atom is -0.325 e. The van der Waals surface area contributed by atoms with Crippen molar-refractivity contribution < 1.29 is 9.59 Å². The van der Waals surface area contributed by atoms with Crippen molar-refractivity contribution in [1.29, 1.82) is 5.26 Å². The molecule has 0 atom stereocenters. The second-order valence-electron chi connectivity index (χ2n) is 5.97. The van der Waals surface area contributed by atoms with Crippen molar-refractivity contribution in [3.05, 3.63) is 59.2 Å². The molecule has 2 aromatic carbocycles. The number of para-hydroxylation sites is 1. The smallest absolute Gasteiger partial charge is 0.244 e. The fraction of sp³-hybridized carbons (Fsp3) is 0.286. The van der Waals surface area contributed by atoms with Crippen LogP contribution in [0, 0.1) is 11.3 Å². The van der Waals surface area contributed by atoms with Crippen LogP contribution >= 0.6 is 0 Å². The average molecular weight is 349 g/mol. The van der Waals surface area contributed by atoms with E-state index in [0.29, 0.717) is 11.3 Å². The lowest BCUT2D eigenvalue weighted by molar-refractivity contribution is -0.120. The SMILES string of the molecule is CCc1cccc(CC)c1N(CC(=O)Nc1ccc(C#N)cc1)C(C)=O. The molecule has 0 spiro atoms. The van der Waals surface area contributed by atoms with E-state index in [1.807, 2.05) is 38.1 Å². The zero-order valence-corrected chi connectivity index (χ0v) is 15.4. The van der Waals surface area contributed by atoms with Crippen LogP contribution in [0.1, 0.15) is 37.5 Å². The summed E-state index contributed by atoms with van der Waals surface area (Å²) in [6, 6.07) is 14.6. The van der Waals surface area contributed by atoms with E-state index in [-0.39, 0.29) is 18.4 Å². The predicted molar refractivity (Wildman–Crippen MR) is 103 cm³/mol. The molecule has 2 rings (SSSR count). The molecule has 0 aromatic heterocycles. The standard InChI is InChI=1S/C21H23N3O2/c1-4-17-7-6-8-18(5-2)21(17)24(15(3)25)14-20(26)23-19-11-9-16(13-22)10-12-19/h6-12H,4-5,14H2,1-3H3,(H,23,26). The number of nitriles is 1. The number of rotatable bonds is 6. The normalized spacial score (nSPS) is 10.1. The molecule has 2 aromatic rings. The van der Waals surface area contributed by atoms with Crippen molar-refractivity contribution >= 4 is 23.2 Å². The van der Waals surface area contributed by atoms with E-state index in [2.05, 4.69) is 5.32 Å². The van der Waals surface area contributed by atoms with Crippen LogP contribution < -0.4 is 10.2 Å². The number of carbonyl (C=O) groups excluding carboxylic acids is 2. The van der Waals surface area contributed by atoms with Gasteiger partial charge in [0.15, 0.2) is 0 Å². The molecule has 5 heteroatoms. The highest BCUT2D eigenvalue weighted by Crippen LogP contribution is 2.27. The highest BCUT2D eigenvalue weighted by atomic mass is 16.2.